The van der Waals surface area contributed by atoms with Gasteiger partial charge in [0.2, 0.25) is 0 Å². The first-order valence-corrected chi connectivity index (χ1v) is 7.57. The highest BCUT2D eigenvalue weighted by Gasteiger charge is 2.55. The van der Waals surface area contributed by atoms with Gasteiger partial charge in [-0.3, -0.25) is 14.4 Å². The van der Waals surface area contributed by atoms with E-state index in [1.54, 1.807) is 36.4 Å². The monoisotopic (exact) mass is 320 g/mol. The molecule has 1 aliphatic carbocycles. The first kappa shape index (κ1) is 15.9. The Morgan fingerprint density at radius 2 is 1.75 bits per heavy atom. The fraction of sp³-hybridized carbons (Fsp3) is 0.150. The van der Waals surface area contributed by atoms with Crippen molar-refractivity contribution in [2.24, 2.45) is 5.41 Å². The molecule has 0 amide bonds. The molecule has 0 aromatic heterocycles. The van der Waals surface area contributed by atoms with Crippen LogP contribution in [0.1, 0.15) is 21.5 Å². The van der Waals surface area contributed by atoms with Crippen LogP contribution in [-0.4, -0.2) is 25.1 Å². The van der Waals surface area contributed by atoms with Crippen LogP contribution in [0.3, 0.4) is 0 Å². The summed E-state index contributed by atoms with van der Waals surface area (Å²) >= 11 is 0. The van der Waals surface area contributed by atoms with Gasteiger partial charge in [0.1, 0.15) is 6.29 Å². The summed E-state index contributed by atoms with van der Waals surface area (Å²) in [5, 5.41) is 0. The second kappa shape index (κ2) is 6.24. The molecule has 2 aromatic carbocycles. The molecule has 120 valence electrons. The Labute approximate surface area is 139 Å². The molecule has 4 nitrogen and oxygen atoms in total. The van der Waals surface area contributed by atoms with Crippen molar-refractivity contribution in [1.29, 1.82) is 0 Å². The number of hydrogen-bond acceptors (Lipinski definition) is 4. The molecule has 0 heterocycles. The summed E-state index contributed by atoms with van der Waals surface area (Å²) < 4.78 is 4.97. The van der Waals surface area contributed by atoms with Crippen molar-refractivity contribution in [3.8, 4) is 0 Å². The Balaban J connectivity index is 2.25. The highest BCUT2D eigenvalue weighted by molar-refractivity contribution is 6.24. The predicted octanol–water partition coefficient (Wildman–Crippen LogP) is 2.87. The molecule has 0 saturated carbocycles. The number of hydrogen-bond donors (Lipinski definition) is 0. The van der Waals surface area contributed by atoms with Crippen LogP contribution in [0, 0.1) is 5.41 Å². The zero-order chi connectivity index (χ0) is 17.2. The van der Waals surface area contributed by atoms with Crippen LogP contribution in [0.15, 0.2) is 60.7 Å². The van der Waals surface area contributed by atoms with E-state index in [0.29, 0.717) is 23.0 Å². The van der Waals surface area contributed by atoms with Gasteiger partial charge in [-0.05, 0) is 22.8 Å². The van der Waals surface area contributed by atoms with E-state index in [-0.39, 0.29) is 12.2 Å². The van der Waals surface area contributed by atoms with Crippen LogP contribution in [0.25, 0.3) is 5.57 Å². The first-order valence-electron chi connectivity index (χ1n) is 7.57. The predicted molar refractivity (Wildman–Crippen MR) is 89.4 cm³/mol. The van der Waals surface area contributed by atoms with Crippen LogP contribution >= 0.6 is 0 Å². The number of fused-ring (bicyclic) bond motifs is 1. The number of carbonyl (C=O) groups is 3. The van der Waals surface area contributed by atoms with Gasteiger partial charge in [-0.2, -0.15) is 0 Å². The molecular formula is C20H16O4. The van der Waals surface area contributed by atoms with E-state index in [0.717, 1.165) is 5.56 Å². The molecule has 0 saturated heterocycles. The lowest BCUT2D eigenvalue weighted by Crippen LogP contribution is -2.39. The third kappa shape index (κ3) is 2.27. The van der Waals surface area contributed by atoms with E-state index in [1.165, 1.54) is 13.2 Å². The van der Waals surface area contributed by atoms with Gasteiger partial charge in [0.15, 0.2) is 11.2 Å². The van der Waals surface area contributed by atoms with Gasteiger partial charge in [-0.15, -0.1) is 0 Å². The highest BCUT2D eigenvalue weighted by atomic mass is 16.5. The summed E-state index contributed by atoms with van der Waals surface area (Å²) in [7, 11) is 1.25. The van der Waals surface area contributed by atoms with Gasteiger partial charge >= 0.3 is 5.97 Å². The number of ketones is 1. The summed E-state index contributed by atoms with van der Waals surface area (Å²) in [6, 6.07) is 16.1. The third-order valence-electron chi connectivity index (χ3n) is 4.42. The Bertz CT molecular complexity index is 836. The van der Waals surface area contributed by atoms with Gasteiger partial charge in [0.25, 0.3) is 0 Å². The van der Waals surface area contributed by atoms with Crippen molar-refractivity contribution in [1.82, 2.24) is 0 Å². The molecule has 3 rings (SSSR count). The van der Waals surface area contributed by atoms with Gasteiger partial charge in [-0.25, -0.2) is 0 Å². The molecule has 24 heavy (non-hydrogen) atoms. The van der Waals surface area contributed by atoms with Gasteiger partial charge in [0.05, 0.1) is 7.11 Å². The second-order valence-electron chi connectivity index (χ2n) is 5.64. The number of Topliss-reactive ketones (excluding diaryl/α,β-unsaturated/α-hetero) is 1. The van der Waals surface area contributed by atoms with E-state index < -0.39 is 11.4 Å². The Kier molecular flexibility index (Phi) is 4.13. The van der Waals surface area contributed by atoms with Crippen molar-refractivity contribution in [2.75, 3.05) is 7.11 Å². The molecule has 0 N–H and O–H groups in total. The van der Waals surface area contributed by atoms with Crippen LogP contribution in [0.4, 0.5) is 0 Å². The van der Waals surface area contributed by atoms with Crippen LogP contribution in [0.5, 0.6) is 0 Å². The molecular weight excluding hydrogens is 304 g/mol. The van der Waals surface area contributed by atoms with Crippen LogP contribution in [0.2, 0.25) is 0 Å². The standard InChI is InChI=1S/C20H16O4/c1-24-19(23)20(13-15-9-5-6-10-16(15)18(20)22)17(11-12-21)14-7-3-2-4-8-14/h2-12H,13H2,1H3/b17-11+. The lowest BCUT2D eigenvalue weighted by Gasteiger charge is -2.27. The molecule has 1 unspecified atom stereocenters. The number of aldehydes is 1. The lowest BCUT2D eigenvalue weighted by molar-refractivity contribution is -0.146. The van der Waals surface area contributed by atoms with Crippen LogP contribution in [-0.2, 0) is 20.7 Å². The SMILES string of the molecule is COC(=O)C1(/C(=C/C=O)c2ccccc2)Cc2ccccc2C1=O. The highest BCUT2D eigenvalue weighted by Crippen LogP contribution is 2.47. The van der Waals surface area contributed by atoms with Crippen LogP contribution < -0.4 is 0 Å². The van der Waals surface area contributed by atoms with Gasteiger partial charge < -0.3 is 4.74 Å². The Morgan fingerprint density at radius 3 is 2.38 bits per heavy atom. The number of ether oxygens (including phenoxy) is 1. The van der Waals surface area contributed by atoms with Crippen molar-refractivity contribution in [3.05, 3.63) is 77.4 Å². The van der Waals surface area contributed by atoms with E-state index >= 15 is 0 Å². The van der Waals surface area contributed by atoms with Crippen molar-refractivity contribution in [2.45, 2.75) is 6.42 Å². The number of carbonyl (C=O) groups excluding carboxylic acids is 3. The molecule has 0 bridgehead atoms. The fourth-order valence-electron chi connectivity index (χ4n) is 3.33. The van der Waals surface area contributed by atoms with E-state index in [4.69, 9.17) is 4.74 Å². The summed E-state index contributed by atoms with van der Waals surface area (Å²) in [6.45, 7) is 0. The average Bonchev–Trinajstić information content (AvgIpc) is 2.93. The third-order valence-corrected chi connectivity index (χ3v) is 4.42. The number of rotatable bonds is 4. The largest absolute Gasteiger partial charge is 0.468 e. The number of methoxy groups -OCH3 is 1. The molecule has 4 heteroatoms. The smallest absolute Gasteiger partial charge is 0.324 e. The summed E-state index contributed by atoms with van der Waals surface area (Å²) in [6.07, 6.45) is 2.07. The molecule has 0 radical (unpaired) electrons. The number of esters is 1. The lowest BCUT2D eigenvalue weighted by atomic mass is 9.73. The molecule has 2 aromatic rings. The maximum absolute atomic E-state index is 13.2. The molecule has 1 aliphatic rings. The minimum absolute atomic E-state index is 0.184. The average molecular weight is 320 g/mol. The van der Waals surface area contributed by atoms with E-state index in [2.05, 4.69) is 0 Å². The minimum Gasteiger partial charge on any atom is -0.468 e. The Hall–Kier alpha value is -3.01. The molecule has 0 spiro atoms. The molecule has 1 atom stereocenters. The van der Waals surface area contributed by atoms with Crippen molar-refractivity contribution >= 4 is 23.6 Å². The Morgan fingerprint density at radius 1 is 1.08 bits per heavy atom. The maximum atomic E-state index is 13.2. The molecule has 0 fully saturated rings. The normalized spacial score (nSPS) is 19.7. The number of benzene rings is 2. The van der Waals surface area contributed by atoms with E-state index in [1.807, 2.05) is 18.2 Å². The first-order chi connectivity index (χ1) is 11.6. The summed E-state index contributed by atoms with van der Waals surface area (Å²) in [5.41, 5.74) is 0.763. The second-order valence-corrected chi connectivity index (χ2v) is 5.64. The number of allylic oxidation sites excluding steroid dienone is 1. The molecule has 0 aliphatic heterocycles. The minimum atomic E-state index is -1.53. The van der Waals surface area contributed by atoms with Gasteiger partial charge in [0, 0.05) is 12.0 Å². The maximum Gasteiger partial charge on any atom is 0.324 e. The van der Waals surface area contributed by atoms with E-state index in [9.17, 15) is 14.4 Å². The van der Waals surface area contributed by atoms with Gasteiger partial charge in [-0.1, -0.05) is 54.6 Å². The zero-order valence-electron chi connectivity index (χ0n) is 13.2. The summed E-state index contributed by atoms with van der Waals surface area (Å²) in [4.78, 5) is 37.1. The zero-order valence-corrected chi connectivity index (χ0v) is 13.2. The fourth-order valence-corrected chi connectivity index (χ4v) is 3.33. The quantitative estimate of drug-likeness (QED) is 0.376. The topological polar surface area (TPSA) is 60.4 Å². The summed E-state index contributed by atoms with van der Waals surface area (Å²) in [5.74, 6) is -0.984. The van der Waals surface area contributed by atoms with Crippen molar-refractivity contribution < 1.29 is 19.1 Å². The van der Waals surface area contributed by atoms with Crippen molar-refractivity contribution in [3.63, 3.8) is 0 Å².